The molecule has 0 radical (unpaired) electrons. The fourth-order valence-corrected chi connectivity index (χ4v) is 5.05. The quantitative estimate of drug-likeness (QED) is 0.259. The minimum absolute atomic E-state index is 0.162. The van der Waals surface area contributed by atoms with Gasteiger partial charge in [0, 0.05) is 15.6 Å². The third-order valence-corrected chi connectivity index (χ3v) is 7.13. The van der Waals surface area contributed by atoms with E-state index in [-0.39, 0.29) is 11.7 Å². The first-order valence-corrected chi connectivity index (χ1v) is 12.8. The van der Waals surface area contributed by atoms with E-state index in [4.69, 9.17) is 23.2 Å². The van der Waals surface area contributed by atoms with Crippen LogP contribution in [0.1, 0.15) is 11.4 Å². The number of benzene rings is 3. The molecule has 0 aliphatic rings. The molecule has 168 valence electrons. The second-order valence-electron chi connectivity index (χ2n) is 7.13. The highest BCUT2D eigenvalue weighted by Gasteiger charge is 2.16. The maximum Gasteiger partial charge on any atom is 0.234 e. The molecule has 0 bridgehead atoms. The van der Waals surface area contributed by atoms with E-state index in [1.54, 1.807) is 30.0 Å². The number of carbonyl (C=O) groups excluding carboxylic acids is 1. The lowest BCUT2D eigenvalue weighted by atomic mass is 10.2. The number of rotatable bonds is 8. The first-order chi connectivity index (χ1) is 16.0. The van der Waals surface area contributed by atoms with Gasteiger partial charge in [-0.15, -0.1) is 22.0 Å². The summed E-state index contributed by atoms with van der Waals surface area (Å²) in [5.74, 6) is 1.44. The molecule has 4 aromatic rings. The summed E-state index contributed by atoms with van der Waals surface area (Å²) in [5.41, 5.74) is 2.70. The van der Waals surface area contributed by atoms with E-state index in [2.05, 4.69) is 46.7 Å². The monoisotopic (exact) mass is 514 g/mol. The Balaban J connectivity index is 1.49. The average Bonchev–Trinajstić information content (AvgIpc) is 3.22. The number of hydrogen-bond acceptors (Lipinski definition) is 5. The van der Waals surface area contributed by atoms with Crippen molar-refractivity contribution >= 4 is 58.3 Å². The lowest BCUT2D eigenvalue weighted by Crippen LogP contribution is -2.15. The highest BCUT2D eigenvalue weighted by molar-refractivity contribution is 7.99. The van der Waals surface area contributed by atoms with Crippen molar-refractivity contribution in [2.24, 2.45) is 0 Å². The van der Waals surface area contributed by atoms with Crippen LogP contribution in [0.4, 0.5) is 5.69 Å². The van der Waals surface area contributed by atoms with Crippen molar-refractivity contribution in [2.75, 3.05) is 11.1 Å². The number of nitrogens with one attached hydrogen (secondary N) is 1. The van der Waals surface area contributed by atoms with Gasteiger partial charge in [-0.25, -0.2) is 0 Å². The number of thioether (sulfide) groups is 2. The maximum atomic E-state index is 12.5. The van der Waals surface area contributed by atoms with Crippen molar-refractivity contribution in [1.29, 1.82) is 0 Å². The van der Waals surface area contributed by atoms with E-state index < -0.39 is 0 Å². The molecule has 5 nitrogen and oxygen atoms in total. The summed E-state index contributed by atoms with van der Waals surface area (Å²) in [5, 5.41) is 13.2. The van der Waals surface area contributed by atoms with Crippen molar-refractivity contribution in [3.05, 3.63) is 94.2 Å². The van der Waals surface area contributed by atoms with E-state index in [0.29, 0.717) is 26.6 Å². The second kappa shape index (κ2) is 11.1. The average molecular weight is 515 g/mol. The van der Waals surface area contributed by atoms with Crippen molar-refractivity contribution in [3.8, 4) is 5.69 Å². The Hall–Kier alpha value is -2.45. The smallest absolute Gasteiger partial charge is 0.234 e. The zero-order valence-corrected chi connectivity index (χ0v) is 20.8. The molecule has 0 saturated carbocycles. The normalized spacial score (nSPS) is 10.9. The summed E-state index contributed by atoms with van der Waals surface area (Å²) in [6.07, 6.45) is 0. The number of amides is 1. The van der Waals surface area contributed by atoms with Gasteiger partial charge in [-0.05, 0) is 49.4 Å². The zero-order chi connectivity index (χ0) is 23.2. The summed E-state index contributed by atoms with van der Waals surface area (Å²) in [4.78, 5) is 13.7. The molecule has 33 heavy (non-hydrogen) atoms. The lowest BCUT2D eigenvalue weighted by Gasteiger charge is -2.11. The number of aromatic nitrogens is 3. The molecule has 0 fully saturated rings. The van der Waals surface area contributed by atoms with Crippen LogP contribution in [-0.4, -0.2) is 26.4 Å². The minimum Gasteiger partial charge on any atom is -0.324 e. The molecule has 3 aromatic carbocycles. The molecule has 1 N–H and O–H groups in total. The Morgan fingerprint density at radius 2 is 1.73 bits per heavy atom. The molecule has 9 heteroatoms. The Morgan fingerprint density at radius 1 is 0.970 bits per heavy atom. The number of para-hydroxylation sites is 1. The molecule has 0 saturated heterocycles. The van der Waals surface area contributed by atoms with Gasteiger partial charge in [-0.3, -0.25) is 9.36 Å². The number of aryl methyl sites for hydroxylation is 1. The number of carbonyl (C=O) groups is 1. The van der Waals surface area contributed by atoms with E-state index in [1.165, 1.54) is 17.3 Å². The van der Waals surface area contributed by atoms with Crippen molar-refractivity contribution in [1.82, 2.24) is 14.8 Å². The molecule has 1 aromatic heterocycles. The third kappa shape index (κ3) is 6.32. The van der Waals surface area contributed by atoms with Crippen LogP contribution >= 0.6 is 46.7 Å². The van der Waals surface area contributed by atoms with E-state index in [1.807, 2.05) is 34.9 Å². The highest BCUT2D eigenvalue weighted by Crippen LogP contribution is 2.29. The molecule has 0 unspecified atom stereocenters. The molecule has 0 aliphatic carbocycles. The van der Waals surface area contributed by atoms with Gasteiger partial charge in [-0.2, -0.15) is 0 Å². The lowest BCUT2D eigenvalue weighted by molar-refractivity contribution is -0.113. The van der Waals surface area contributed by atoms with Gasteiger partial charge < -0.3 is 5.32 Å². The molecular formula is C24H20Cl2N4OS2. The summed E-state index contributed by atoms with van der Waals surface area (Å²) >= 11 is 15.1. The highest BCUT2D eigenvalue weighted by atomic mass is 35.5. The molecule has 1 amide bonds. The van der Waals surface area contributed by atoms with E-state index in [9.17, 15) is 4.79 Å². The van der Waals surface area contributed by atoms with Crippen LogP contribution in [0, 0.1) is 6.92 Å². The fraction of sp³-hybridized carbons (Fsp3) is 0.125. The van der Waals surface area contributed by atoms with Gasteiger partial charge in [-0.1, -0.05) is 70.9 Å². The molecular weight excluding hydrogens is 495 g/mol. The van der Waals surface area contributed by atoms with Crippen LogP contribution in [0.15, 0.2) is 82.8 Å². The van der Waals surface area contributed by atoms with Gasteiger partial charge in [0.15, 0.2) is 5.16 Å². The predicted molar refractivity (Wildman–Crippen MR) is 138 cm³/mol. The van der Waals surface area contributed by atoms with Gasteiger partial charge in [0.25, 0.3) is 0 Å². The first kappa shape index (κ1) is 23.7. The van der Waals surface area contributed by atoms with Crippen LogP contribution in [0.5, 0.6) is 0 Å². The van der Waals surface area contributed by atoms with Crippen LogP contribution in [0.25, 0.3) is 5.69 Å². The number of halogens is 2. The maximum absolute atomic E-state index is 12.5. The van der Waals surface area contributed by atoms with Gasteiger partial charge in [0.05, 0.1) is 22.2 Å². The second-order valence-corrected chi connectivity index (χ2v) is 9.97. The Labute approximate surface area is 210 Å². The van der Waals surface area contributed by atoms with Crippen LogP contribution in [0.2, 0.25) is 10.0 Å². The van der Waals surface area contributed by atoms with Crippen LogP contribution in [0.3, 0.4) is 0 Å². The van der Waals surface area contributed by atoms with E-state index >= 15 is 0 Å². The number of anilines is 1. The fourth-order valence-electron chi connectivity index (χ4n) is 3.01. The molecule has 0 spiro atoms. The third-order valence-electron chi connectivity index (χ3n) is 4.64. The number of nitrogens with zero attached hydrogens (tertiary/aromatic N) is 3. The Bertz CT molecular complexity index is 1250. The van der Waals surface area contributed by atoms with Gasteiger partial charge >= 0.3 is 0 Å². The Morgan fingerprint density at radius 3 is 2.45 bits per heavy atom. The molecule has 1 heterocycles. The predicted octanol–water partition coefficient (Wildman–Crippen LogP) is 6.91. The number of hydrogen-bond donors (Lipinski definition) is 1. The summed E-state index contributed by atoms with van der Waals surface area (Å²) in [6, 6.07) is 23.2. The minimum atomic E-state index is -0.192. The molecule has 0 atom stereocenters. The topological polar surface area (TPSA) is 59.8 Å². The van der Waals surface area contributed by atoms with Gasteiger partial charge in [0.1, 0.15) is 5.82 Å². The van der Waals surface area contributed by atoms with Crippen molar-refractivity contribution in [2.45, 2.75) is 22.7 Å². The molecule has 4 rings (SSSR count). The standard InChI is InChI=1S/C24H20Cl2N4OS2/c1-16-7-10-19(11-8-16)32-14-22-28-29-24(30(22)18-5-3-2-4-6-18)33-15-23(31)27-21-12-9-17(25)13-20(21)26/h2-13H,14-15H2,1H3,(H,27,31). The zero-order valence-electron chi connectivity index (χ0n) is 17.7. The Kier molecular flexibility index (Phi) is 7.98. The molecule has 0 aliphatic heterocycles. The summed E-state index contributed by atoms with van der Waals surface area (Å²) in [7, 11) is 0. The van der Waals surface area contributed by atoms with E-state index in [0.717, 1.165) is 16.4 Å². The summed E-state index contributed by atoms with van der Waals surface area (Å²) < 4.78 is 1.99. The SMILES string of the molecule is Cc1ccc(SCc2nnc(SCC(=O)Nc3ccc(Cl)cc3Cl)n2-c2ccccc2)cc1. The first-order valence-electron chi connectivity index (χ1n) is 10.1. The van der Waals surface area contributed by atoms with Crippen molar-refractivity contribution in [3.63, 3.8) is 0 Å². The summed E-state index contributed by atoms with van der Waals surface area (Å²) in [6.45, 7) is 2.07. The van der Waals surface area contributed by atoms with Gasteiger partial charge in [0.2, 0.25) is 5.91 Å². The van der Waals surface area contributed by atoms with Crippen LogP contribution < -0.4 is 5.32 Å². The van der Waals surface area contributed by atoms with Crippen molar-refractivity contribution < 1.29 is 4.79 Å². The van der Waals surface area contributed by atoms with Crippen LogP contribution in [-0.2, 0) is 10.5 Å². The largest absolute Gasteiger partial charge is 0.324 e.